The lowest BCUT2D eigenvalue weighted by atomic mass is 10.0. The molecule has 0 amide bonds. The van der Waals surface area contributed by atoms with Gasteiger partial charge in [-0.25, -0.2) is 15.0 Å². The summed E-state index contributed by atoms with van der Waals surface area (Å²) in [6.07, 6.45) is 0. The Morgan fingerprint density at radius 1 is 0.362 bits per heavy atom. The number of fused-ring (bicyclic) bond motifs is 3. The van der Waals surface area contributed by atoms with Crippen molar-refractivity contribution < 1.29 is 13.3 Å². The first kappa shape index (κ1) is 24.8. The van der Waals surface area contributed by atoms with Gasteiger partial charge in [0.2, 0.25) is 0 Å². The van der Waals surface area contributed by atoms with E-state index in [0.29, 0.717) is 23.1 Å². The molecule has 0 saturated heterocycles. The first-order valence-electron chi connectivity index (χ1n) is 15.5. The van der Waals surface area contributed by atoms with Gasteiger partial charge in [-0.3, -0.25) is 0 Å². The number of benzene rings is 7. The molecule has 0 unspecified atom stereocenters. The lowest BCUT2D eigenvalue weighted by molar-refractivity contribution is 0.659. The van der Waals surface area contributed by atoms with E-state index >= 15 is 0 Å². The highest BCUT2D eigenvalue weighted by atomic mass is 16.4. The molecular weight excluding hydrogens is 582 g/mol. The van der Waals surface area contributed by atoms with E-state index in [1.54, 1.807) is 0 Å². The minimum atomic E-state index is 0.517. The van der Waals surface area contributed by atoms with Gasteiger partial charge < -0.3 is 13.3 Å². The lowest BCUT2D eigenvalue weighted by Gasteiger charge is -2.10. The van der Waals surface area contributed by atoms with E-state index in [1.807, 2.05) is 78.9 Å². The van der Waals surface area contributed by atoms with Crippen molar-refractivity contribution in [1.82, 2.24) is 15.0 Å². The highest BCUT2D eigenvalue weighted by Crippen LogP contribution is 2.48. The summed E-state index contributed by atoms with van der Waals surface area (Å²) >= 11 is 0. The molecule has 0 N–H and O–H groups in total. The molecule has 0 aliphatic rings. The van der Waals surface area contributed by atoms with Crippen LogP contribution in [0.2, 0.25) is 0 Å². The second-order valence-corrected chi connectivity index (χ2v) is 12.0. The van der Waals surface area contributed by atoms with Crippen molar-refractivity contribution in [3.05, 3.63) is 127 Å². The predicted molar refractivity (Wildman–Crippen MR) is 187 cm³/mol. The molecule has 4 heterocycles. The Kier molecular flexibility index (Phi) is 4.75. The largest absolute Gasteiger partial charge is 0.456 e. The fourth-order valence-corrected chi connectivity index (χ4v) is 7.12. The second-order valence-electron chi connectivity index (χ2n) is 12.0. The molecule has 11 rings (SSSR count). The van der Waals surface area contributed by atoms with Crippen LogP contribution in [0.25, 0.3) is 111 Å². The molecule has 47 heavy (non-hydrogen) atoms. The van der Waals surface area contributed by atoms with Crippen molar-refractivity contribution in [3.8, 4) is 34.2 Å². The monoisotopic (exact) mass is 603 g/mol. The molecule has 0 radical (unpaired) electrons. The van der Waals surface area contributed by atoms with Crippen LogP contribution in [-0.2, 0) is 0 Å². The van der Waals surface area contributed by atoms with Gasteiger partial charge in [-0.05, 0) is 52.6 Å². The van der Waals surface area contributed by atoms with Gasteiger partial charge >= 0.3 is 0 Å². The van der Waals surface area contributed by atoms with E-state index in [-0.39, 0.29) is 0 Å². The lowest BCUT2D eigenvalue weighted by Crippen LogP contribution is -2.00. The number of aromatic nitrogens is 3. The summed E-state index contributed by atoms with van der Waals surface area (Å²) in [6.45, 7) is 0. The number of hydrogen-bond acceptors (Lipinski definition) is 6. The molecule has 7 aromatic carbocycles. The highest BCUT2D eigenvalue weighted by Gasteiger charge is 2.26. The van der Waals surface area contributed by atoms with Gasteiger partial charge in [-0.2, -0.15) is 0 Å². The van der Waals surface area contributed by atoms with Gasteiger partial charge in [-0.15, -0.1) is 0 Å². The Balaban J connectivity index is 1.28. The summed E-state index contributed by atoms with van der Waals surface area (Å²) in [6, 6.07) is 42.9. The molecule has 6 heteroatoms. The van der Waals surface area contributed by atoms with Gasteiger partial charge in [-0.1, -0.05) is 91.0 Å². The Bertz CT molecular complexity index is 3020. The Morgan fingerprint density at radius 3 is 1.81 bits per heavy atom. The van der Waals surface area contributed by atoms with E-state index in [9.17, 15) is 0 Å². The third kappa shape index (κ3) is 3.46. The summed E-state index contributed by atoms with van der Waals surface area (Å²) in [7, 11) is 0. The average Bonchev–Trinajstić information content (AvgIpc) is 3.64. The van der Waals surface area contributed by atoms with Crippen molar-refractivity contribution in [1.29, 1.82) is 0 Å². The number of rotatable bonds is 3. The number of furan rings is 2. The van der Waals surface area contributed by atoms with Crippen LogP contribution in [0.3, 0.4) is 0 Å². The van der Waals surface area contributed by atoms with Gasteiger partial charge in [0.25, 0.3) is 0 Å². The highest BCUT2D eigenvalue weighted by molar-refractivity contribution is 6.34. The number of nitrogens with zero attached hydrogens (tertiary/aromatic N) is 3. The minimum absolute atomic E-state index is 0.517. The second kappa shape index (κ2) is 9.02. The molecule has 0 aliphatic carbocycles. The van der Waals surface area contributed by atoms with E-state index in [4.69, 9.17) is 28.2 Å². The summed E-state index contributed by atoms with van der Waals surface area (Å²) < 4.78 is 19.9. The molecule has 0 spiro atoms. The van der Waals surface area contributed by atoms with Crippen LogP contribution in [0.1, 0.15) is 0 Å². The maximum absolute atomic E-state index is 7.10. The van der Waals surface area contributed by atoms with Crippen molar-refractivity contribution in [2.75, 3.05) is 0 Å². The summed E-state index contributed by atoms with van der Waals surface area (Å²) in [5.74, 6) is 1.69. The molecule has 0 fully saturated rings. The Hall–Kier alpha value is -6.53. The third-order valence-corrected chi connectivity index (χ3v) is 9.27. The van der Waals surface area contributed by atoms with Crippen molar-refractivity contribution >= 4 is 76.6 Å². The van der Waals surface area contributed by atoms with Crippen molar-refractivity contribution in [2.45, 2.75) is 0 Å². The molecule has 0 atom stereocenters. The molecule has 6 nitrogen and oxygen atoms in total. The number of hydrogen-bond donors (Lipinski definition) is 0. The van der Waals surface area contributed by atoms with Crippen LogP contribution in [0.15, 0.2) is 141 Å². The molecule has 4 aromatic heterocycles. The Labute approximate surface area is 265 Å². The SMILES string of the molecule is c1ccc(-c2nc(-c3ccc4ccccc4c3)nc(-c3ccc4oc5ccc6oc7cc8ccccc8c8oc3c4c5c6c78)n2)cc1. The quantitative estimate of drug-likeness (QED) is 0.200. The summed E-state index contributed by atoms with van der Waals surface area (Å²) in [5, 5.41) is 8.09. The first-order chi connectivity index (χ1) is 23.3. The fraction of sp³-hybridized carbons (Fsp3) is 0. The van der Waals surface area contributed by atoms with Gasteiger partial charge in [0.1, 0.15) is 33.5 Å². The summed E-state index contributed by atoms with van der Waals surface area (Å²) in [5.41, 5.74) is 7.03. The van der Waals surface area contributed by atoms with Crippen molar-refractivity contribution in [3.63, 3.8) is 0 Å². The van der Waals surface area contributed by atoms with Gasteiger partial charge in [0.05, 0.1) is 16.3 Å². The Morgan fingerprint density at radius 2 is 0.979 bits per heavy atom. The standard InChI is InChI=1S/C41H21N3O3/c1-2-9-23(10-3-1)39-42-40(26-15-14-22-8-4-5-11-24(22)20-26)44-41(43-39)28-16-17-31-35-33-29(45-31)18-19-30-34(33)36-32(46-30)21-25-12-6-7-13-27(25)37(36)47-38(28)35/h1-21H. The van der Waals surface area contributed by atoms with E-state index in [1.165, 1.54) is 0 Å². The fourth-order valence-electron chi connectivity index (χ4n) is 7.12. The van der Waals surface area contributed by atoms with Gasteiger partial charge in [0, 0.05) is 27.3 Å². The van der Waals surface area contributed by atoms with E-state index < -0.39 is 0 Å². The maximum atomic E-state index is 7.10. The van der Waals surface area contributed by atoms with Crippen LogP contribution in [-0.4, -0.2) is 15.0 Å². The average molecular weight is 604 g/mol. The van der Waals surface area contributed by atoms with Crippen LogP contribution in [0.4, 0.5) is 0 Å². The van der Waals surface area contributed by atoms with Gasteiger partial charge in [0.15, 0.2) is 17.5 Å². The molecule has 0 aliphatic heterocycles. The molecular formula is C41H21N3O3. The summed E-state index contributed by atoms with van der Waals surface area (Å²) in [4.78, 5) is 15.2. The molecule has 218 valence electrons. The normalized spacial score (nSPS) is 12.3. The van der Waals surface area contributed by atoms with E-state index in [0.717, 1.165) is 87.7 Å². The van der Waals surface area contributed by atoms with E-state index in [2.05, 4.69) is 48.5 Å². The van der Waals surface area contributed by atoms with Crippen LogP contribution in [0.5, 0.6) is 0 Å². The van der Waals surface area contributed by atoms with Crippen LogP contribution >= 0.6 is 0 Å². The molecule has 11 aromatic rings. The van der Waals surface area contributed by atoms with Crippen LogP contribution < -0.4 is 0 Å². The topological polar surface area (TPSA) is 78.1 Å². The molecule has 0 saturated carbocycles. The zero-order chi connectivity index (χ0) is 30.6. The zero-order valence-corrected chi connectivity index (χ0v) is 24.7. The zero-order valence-electron chi connectivity index (χ0n) is 24.7. The van der Waals surface area contributed by atoms with Crippen molar-refractivity contribution in [2.24, 2.45) is 0 Å². The molecule has 0 bridgehead atoms. The minimum Gasteiger partial charge on any atom is -0.456 e. The first-order valence-corrected chi connectivity index (χ1v) is 15.5. The smallest absolute Gasteiger partial charge is 0.167 e. The maximum Gasteiger partial charge on any atom is 0.167 e. The van der Waals surface area contributed by atoms with Crippen LogP contribution in [0, 0.1) is 0 Å². The third-order valence-electron chi connectivity index (χ3n) is 9.27. The predicted octanol–water partition coefficient (Wildman–Crippen LogP) is 11.2.